The van der Waals surface area contributed by atoms with E-state index in [0.29, 0.717) is 11.4 Å². The number of hydrogen-bond donors (Lipinski definition) is 2. The molecule has 2 aromatic rings. The van der Waals surface area contributed by atoms with Gasteiger partial charge in [0.2, 0.25) is 0 Å². The average molecular weight is 226 g/mol. The second-order valence-corrected chi connectivity index (χ2v) is 4.57. The summed E-state index contributed by atoms with van der Waals surface area (Å²) in [6, 6.07) is 12.4. The summed E-state index contributed by atoms with van der Waals surface area (Å²) in [6.07, 6.45) is 0.901. The van der Waals surface area contributed by atoms with E-state index in [1.807, 2.05) is 18.2 Å². The minimum atomic E-state index is 0.648. The monoisotopic (exact) mass is 226 g/mol. The first-order valence-electron chi connectivity index (χ1n) is 5.76. The minimum Gasteiger partial charge on any atom is -0.397 e. The summed E-state index contributed by atoms with van der Waals surface area (Å²) in [4.78, 5) is 0. The van der Waals surface area contributed by atoms with Gasteiger partial charge in [-0.2, -0.15) is 0 Å². The Kier molecular flexibility index (Phi) is 3.05. The van der Waals surface area contributed by atoms with E-state index in [1.165, 1.54) is 22.3 Å². The van der Waals surface area contributed by atoms with Gasteiger partial charge in [0.1, 0.15) is 0 Å². The second-order valence-electron chi connectivity index (χ2n) is 4.57. The molecular weight excluding hydrogens is 208 g/mol. The van der Waals surface area contributed by atoms with E-state index in [4.69, 9.17) is 11.5 Å². The minimum absolute atomic E-state index is 0.648. The van der Waals surface area contributed by atoms with Crippen molar-refractivity contribution in [2.75, 3.05) is 11.5 Å². The molecule has 0 amide bonds. The molecule has 0 aliphatic carbocycles. The first-order chi connectivity index (χ1) is 8.06. The smallest absolute Gasteiger partial charge is 0.0550 e. The molecular formula is C15H18N2. The Balaban J connectivity index is 2.31. The molecule has 88 valence electrons. The van der Waals surface area contributed by atoms with E-state index in [-0.39, 0.29) is 0 Å². The van der Waals surface area contributed by atoms with E-state index in [0.717, 1.165) is 6.42 Å². The molecule has 0 radical (unpaired) electrons. The SMILES string of the molecule is Cc1ccc(C)c(Cc2ccc(N)c(N)c2)c1. The maximum absolute atomic E-state index is 5.82. The third kappa shape index (κ3) is 2.59. The Morgan fingerprint density at radius 2 is 1.65 bits per heavy atom. The van der Waals surface area contributed by atoms with Crippen molar-refractivity contribution in [1.29, 1.82) is 0 Å². The van der Waals surface area contributed by atoms with Crippen molar-refractivity contribution in [2.24, 2.45) is 0 Å². The lowest BCUT2D eigenvalue weighted by molar-refractivity contribution is 1.15. The molecule has 4 N–H and O–H groups in total. The van der Waals surface area contributed by atoms with Gasteiger partial charge in [-0.3, -0.25) is 0 Å². The Morgan fingerprint density at radius 3 is 2.35 bits per heavy atom. The average Bonchev–Trinajstić information content (AvgIpc) is 2.29. The van der Waals surface area contributed by atoms with Gasteiger partial charge in [-0.15, -0.1) is 0 Å². The summed E-state index contributed by atoms with van der Waals surface area (Å²) in [6.45, 7) is 4.25. The molecule has 0 unspecified atom stereocenters. The third-order valence-electron chi connectivity index (χ3n) is 3.05. The molecule has 0 aliphatic rings. The molecule has 0 aliphatic heterocycles. The fourth-order valence-electron chi connectivity index (χ4n) is 1.94. The van der Waals surface area contributed by atoms with Crippen LogP contribution in [0.5, 0.6) is 0 Å². The van der Waals surface area contributed by atoms with E-state index >= 15 is 0 Å². The van der Waals surface area contributed by atoms with E-state index in [1.54, 1.807) is 0 Å². The fraction of sp³-hybridized carbons (Fsp3) is 0.200. The van der Waals surface area contributed by atoms with Gasteiger partial charge >= 0.3 is 0 Å². The molecule has 0 spiro atoms. The topological polar surface area (TPSA) is 52.0 Å². The molecule has 0 bridgehead atoms. The number of benzene rings is 2. The summed E-state index contributed by atoms with van der Waals surface area (Å²) in [5.41, 5.74) is 18.0. The Labute approximate surface area is 102 Å². The first kappa shape index (κ1) is 11.5. The van der Waals surface area contributed by atoms with Crippen molar-refractivity contribution in [3.05, 3.63) is 58.7 Å². The largest absolute Gasteiger partial charge is 0.397 e. The molecule has 2 aromatic carbocycles. The normalized spacial score (nSPS) is 10.5. The van der Waals surface area contributed by atoms with Crippen LogP contribution in [0.25, 0.3) is 0 Å². The van der Waals surface area contributed by atoms with Crippen LogP contribution < -0.4 is 11.5 Å². The molecule has 0 saturated heterocycles. The highest BCUT2D eigenvalue weighted by molar-refractivity contribution is 5.64. The first-order valence-corrected chi connectivity index (χ1v) is 5.76. The number of hydrogen-bond acceptors (Lipinski definition) is 2. The molecule has 0 heterocycles. The van der Waals surface area contributed by atoms with Crippen molar-refractivity contribution in [2.45, 2.75) is 20.3 Å². The second kappa shape index (κ2) is 4.50. The number of rotatable bonds is 2. The number of aryl methyl sites for hydroxylation is 2. The molecule has 17 heavy (non-hydrogen) atoms. The fourth-order valence-corrected chi connectivity index (χ4v) is 1.94. The van der Waals surface area contributed by atoms with Crippen LogP contribution >= 0.6 is 0 Å². The van der Waals surface area contributed by atoms with Gasteiger partial charge in [0.25, 0.3) is 0 Å². The van der Waals surface area contributed by atoms with Crippen LogP contribution in [0.1, 0.15) is 22.3 Å². The van der Waals surface area contributed by atoms with Gasteiger partial charge in [0.05, 0.1) is 11.4 Å². The molecule has 0 atom stereocenters. The van der Waals surface area contributed by atoms with Gasteiger partial charge in [-0.25, -0.2) is 0 Å². The lowest BCUT2D eigenvalue weighted by Gasteiger charge is -2.09. The molecule has 0 fully saturated rings. The Bertz CT molecular complexity index is 545. The van der Waals surface area contributed by atoms with E-state index in [2.05, 4.69) is 32.0 Å². The maximum atomic E-state index is 5.82. The van der Waals surface area contributed by atoms with Gasteiger partial charge in [-0.05, 0) is 49.1 Å². The van der Waals surface area contributed by atoms with Gasteiger partial charge in [0, 0.05) is 0 Å². The zero-order valence-electron chi connectivity index (χ0n) is 10.3. The predicted molar refractivity (Wildman–Crippen MR) is 74.0 cm³/mol. The number of anilines is 2. The van der Waals surface area contributed by atoms with Crippen LogP contribution in [0.2, 0.25) is 0 Å². The Morgan fingerprint density at radius 1 is 0.882 bits per heavy atom. The maximum Gasteiger partial charge on any atom is 0.0550 e. The Hall–Kier alpha value is -1.96. The number of nitrogen functional groups attached to an aromatic ring is 2. The van der Waals surface area contributed by atoms with Crippen LogP contribution in [0.3, 0.4) is 0 Å². The van der Waals surface area contributed by atoms with Crippen LogP contribution in [0.15, 0.2) is 36.4 Å². The van der Waals surface area contributed by atoms with Crippen molar-refractivity contribution < 1.29 is 0 Å². The molecule has 0 aromatic heterocycles. The summed E-state index contributed by atoms with van der Waals surface area (Å²) < 4.78 is 0. The highest BCUT2D eigenvalue weighted by atomic mass is 14.7. The van der Waals surface area contributed by atoms with Crippen molar-refractivity contribution in [3.63, 3.8) is 0 Å². The van der Waals surface area contributed by atoms with E-state index in [9.17, 15) is 0 Å². The summed E-state index contributed by atoms with van der Waals surface area (Å²) in [5.74, 6) is 0. The van der Waals surface area contributed by atoms with Gasteiger partial charge in [0.15, 0.2) is 0 Å². The van der Waals surface area contributed by atoms with Gasteiger partial charge in [-0.1, -0.05) is 29.8 Å². The standard InChI is InChI=1S/C15H18N2/c1-10-3-4-11(2)13(7-10)8-12-5-6-14(16)15(17)9-12/h3-7,9H,8,16-17H2,1-2H3. The zero-order chi connectivity index (χ0) is 12.4. The van der Waals surface area contributed by atoms with Crippen LogP contribution in [0.4, 0.5) is 11.4 Å². The predicted octanol–water partition coefficient (Wildman–Crippen LogP) is 3.06. The molecule has 2 rings (SSSR count). The van der Waals surface area contributed by atoms with Crippen molar-refractivity contribution in [3.8, 4) is 0 Å². The van der Waals surface area contributed by atoms with Crippen molar-refractivity contribution in [1.82, 2.24) is 0 Å². The van der Waals surface area contributed by atoms with Crippen LogP contribution in [-0.2, 0) is 6.42 Å². The summed E-state index contributed by atoms with van der Waals surface area (Å²) in [5, 5.41) is 0. The van der Waals surface area contributed by atoms with Crippen LogP contribution in [0, 0.1) is 13.8 Å². The molecule has 2 nitrogen and oxygen atoms in total. The quantitative estimate of drug-likeness (QED) is 0.773. The lowest BCUT2D eigenvalue weighted by atomic mass is 9.98. The zero-order valence-corrected chi connectivity index (χ0v) is 10.3. The van der Waals surface area contributed by atoms with E-state index < -0.39 is 0 Å². The molecule has 2 heteroatoms. The molecule has 0 saturated carbocycles. The lowest BCUT2D eigenvalue weighted by Crippen LogP contribution is -1.98. The van der Waals surface area contributed by atoms with Crippen LogP contribution in [-0.4, -0.2) is 0 Å². The van der Waals surface area contributed by atoms with Crippen molar-refractivity contribution >= 4 is 11.4 Å². The number of nitrogens with two attached hydrogens (primary N) is 2. The highest BCUT2D eigenvalue weighted by Gasteiger charge is 2.02. The highest BCUT2D eigenvalue weighted by Crippen LogP contribution is 2.20. The summed E-state index contributed by atoms with van der Waals surface area (Å²) >= 11 is 0. The van der Waals surface area contributed by atoms with Gasteiger partial charge < -0.3 is 11.5 Å². The summed E-state index contributed by atoms with van der Waals surface area (Å²) in [7, 11) is 0. The third-order valence-corrected chi connectivity index (χ3v) is 3.05.